The van der Waals surface area contributed by atoms with Gasteiger partial charge in [0.1, 0.15) is 18.1 Å². The molecule has 0 spiro atoms. The zero-order valence-corrected chi connectivity index (χ0v) is 14.4. The van der Waals surface area contributed by atoms with Crippen molar-refractivity contribution in [1.82, 2.24) is 9.97 Å². The molecular formula is C19H17FN4O3. The van der Waals surface area contributed by atoms with Crippen LogP contribution in [0.2, 0.25) is 0 Å². The van der Waals surface area contributed by atoms with Crippen LogP contribution in [0.1, 0.15) is 5.56 Å². The molecule has 8 heteroatoms. The summed E-state index contributed by atoms with van der Waals surface area (Å²) in [7, 11) is 0. The summed E-state index contributed by atoms with van der Waals surface area (Å²) in [5, 5.41) is 24.4. The van der Waals surface area contributed by atoms with Gasteiger partial charge in [0, 0.05) is 17.4 Å². The molecule has 3 aromatic rings. The number of aromatic hydroxyl groups is 1. The molecule has 0 bridgehead atoms. The maximum absolute atomic E-state index is 14.1. The van der Waals surface area contributed by atoms with Crippen molar-refractivity contribution in [2.75, 3.05) is 17.2 Å². The molecule has 1 aromatic heterocycles. The first-order chi connectivity index (χ1) is 12.9. The number of phenolic OH excluding ortho intramolecular Hbond substituents is 1. The Bertz CT molecular complexity index is 994. The van der Waals surface area contributed by atoms with E-state index in [0.717, 1.165) is 5.56 Å². The third kappa shape index (κ3) is 4.49. The zero-order valence-electron chi connectivity index (χ0n) is 14.4. The van der Waals surface area contributed by atoms with Crippen molar-refractivity contribution in [3.8, 4) is 17.0 Å². The molecule has 7 nitrogen and oxygen atoms in total. The monoisotopic (exact) mass is 368 g/mol. The fourth-order valence-electron chi connectivity index (χ4n) is 2.44. The second-order valence-electron chi connectivity index (χ2n) is 5.85. The summed E-state index contributed by atoms with van der Waals surface area (Å²) >= 11 is 0. The molecule has 27 heavy (non-hydrogen) atoms. The lowest BCUT2D eigenvalue weighted by molar-refractivity contribution is -0.134. The van der Waals surface area contributed by atoms with E-state index >= 15 is 0 Å². The smallest absolute Gasteiger partial charge is 0.322 e. The van der Waals surface area contributed by atoms with E-state index < -0.39 is 5.97 Å². The highest BCUT2D eigenvalue weighted by Crippen LogP contribution is 2.32. The summed E-state index contributed by atoms with van der Waals surface area (Å²) in [5.74, 6) is -1.32. The Balaban J connectivity index is 1.89. The van der Waals surface area contributed by atoms with Gasteiger partial charge in [0.05, 0.1) is 11.4 Å². The van der Waals surface area contributed by atoms with Gasteiger partial charge in [-0.3, -0.25) is 4.79 Å². The second-order valence-corrected chi connectivity index (χ2v) is 5.85. The Labute approximate surface area is 154 Å². The molecule has 2 aromatic carbocycles. The summed E-state index contributed by atoms with van der Waals surface area (Å²) in [5.41, 5.74) is 2.47. The molecule has 0 radical (unpaired) electrons. The molecule has 4 N–H and O–H groups in total. The van der Waals surface area contributed by atoms with E-state index in [1.807, 2.05) is 0 Å². The average molecular weight is 368 g/mol. The van der Waals surface area contributed by atoms with Gasteiger partial charge in [0.2, 0.25) is 5.95 Å². The number of phenols is 1. The van der Waals surface area contributed by atoms with Gasteiger partial charge in [-0.1, -0.05) is 6.07 Å². The van der Waals surface area contributed by atoms with Gasteiger partial charge in [-0.15, -0.1) is 0 Å². The number of nitrogens with one attached hydrogen (secondary N) is 2. The first-order valence-corrected chi connectivity index (χ1v) is 8.07. The number of aliphatic carboxylic acids is 1. The Hall–Kier alpha value is -3.68. The van der Waals surface area contributed by atoms with Gasteiger partial charge in [-0.2, -0.15) is 0 Å². The minimum absolute atomic E-state index is 0.0205. The van der Waals surface area contributed by atoms with E-state index in [1.165, 1.54) is 18.3 Å². The number of hydrogen-bond acceptors (Lipinski definition) is 6. The van der Waals surface area contributed by atoms with Crippen LogP contribution in [-0.2, 0) is 4.79 Å². The minimum atomic E-state index is -1.04. The molecular weight excluding hydrogens is 351 g/mol. The fourth-order valence-corrected chi connectivity index (χ4v) is 2.44. The van der Waals surface area contributed by atoms with Crippen LogP contribution < -0.4 is 10.6 Å². The molecule has 138 valence electrons. The van der Waals surface area contributed by atoms with Crippen molar-refractivity contribution >= 4 is 23.3 Å². The minimum Gasteiger partial charge on any atom is -0.507 e. The highest BCUT2D eigenvalue weighted by atomic mass is 19.1. The van der Waals surface area contributed by atoms with E-state index in [-0.39, 0.29) is 24.1 Å². The molecule has 0 saturated heterocycles. The molecule has 0 aliphatic carbocycles. The summed E-state index contributed by atoms with van der Waals surface area (Å²) in [6.45, 7) is 1.47. The fraction of sp³-hybridized carbons (Fsp3) is 0.105. The van der Waals surface area contributed by atoms with Crippen molar-refractivity contribution in [3.63, 3.8) is 0 Å². The topological polar surface area (TPSA) is 107 Å². The lowest BCUT2D eigenvalue weighted by Gasteiger charge is -2.11. The van der Waals surface area contributed by atoms with Crippen molar-refractivity contribution in [3.05, 3.63) is 60.0 Å². The average Bonchev–Trinajstić information content (AvgIpc) is 2.64. The number of aryl methyl sites for hydroxylation is 1. The van der Waals surface area contributed by atoms with Crippen LogP contribution in [-0.4, -0.2) is 32.7 Å². The Morgan fingerprint density at radius 1 is 1.19 bits per heavy atom. The van der Waals surface area contributed by atoms with Crippen molar-refractivity contribution in [1.29, 1.82) is 0 Å². The predicted molar refractivity (Wildman–Crippen MR) is 99.7 cm³/mol. The van der Waals surface area contributed by atoms with Gasteiger partial charge in [-0.05, 0) is 48.9 Å². The lowest BCUT2D eigenvalue weighted by Crippen LogP contribution is -2.14. The Morgan fingerprint density at radius 2 is 2.00 bits per heavy atom. The van der Waals surface area contributed by atoms with Gasteiger partial charge in [0.25, 0.3) is 0 Å². The summed E-state index contributed by atoms with van der Waals surface area (Å²) in [4.78, 5) is 18.8. The van der Waals surface area contributed by atoms with E-state index in [1.54, 1.807) is 37.3 Å². The molecule has 0 aliphatic rings. The maximum Gasteiger partial charge on any atom is 0.322 e. The van der Waals surface area contributed by atoms with Crippen LogP contribution in [0.25, 0.3) is 11.3 Å². The maximum atomic E-state index is 14.1. The van der Waals surface area contributed by atoms with E-state index in [2.05, 4.69) is 20.6 Å². The highest BCUT2D eigenvalue weighted by molar-refractivity contribution is 5.75. The molecule has 0 atom stereocenters. The Kier molecular flexibility index (Phi) is 5.16. The highest BCUT2D eigenvalue weighted by Gasteiger charge is 2.10. The number of carbonyl (C=O) groups is 1. The van der Waals surface area contributed by atoms with Crippen molar-refractivity contribution in [2.45, 2.75) is 6.92 Å². The Morgan fingerprint density at radius 3 is 2.74 bits per heavy atom. The van der Waals surface area contributed by atoms with Gasteiger partial charge < -0.3 is 20.8 Å². The molecule has 0 amide bonds. The van der Waals surface area contributed by atoms with E-state index in [4.69, 9.17) is 5.11 Å². The third-order valence-corrected chi connectivity index (χ3v) is 3.73. The number of nitrogens with zero attached hydrogens (tertiary/aromatic N) is 2. The summed E-state index contributed by atoms with van der Waals surface area (Å²) in [6, 6.07) is 11.1. The molecule has 0 aliphatic heterocycles. The van der Waals surface area contributed by atoms with Crippen LogP contribution in [0.15, 0.2) is 48.7 Å². The zero-order chi connectivity index (χ0) is 19.4. The molecule has 0 fully saturated rings. The summed E-state index contributed by atoms with van der Waals surface area (Å²) < 4.78 is 14.1. The second kappa shape index (κ2) is 7.69. The first-order valence-electron chi connectivity index (χ1n) is 8.07. The summed E-state index contributed by atoms with van der Waals surface area (Å²) in [6.07, 6.45) is 1.45. The third-order valence-electron chi connectivity index (χ3n) is 3.73. The number of hydrogen-bond donors (Lipinski definition) is 4. The van der Waals surface area contributed by atoms with Gasteiger partial charge in [0.15, 0.2) is 0 Å². The first kappa shape index (κ1) is 18.1. The number of carboxylic acids is 1. The van der Waals surface area contributed by atoms with Crippen molar-refractivity contribution in [2.24, 2.45) is 0 Å². The molecule has 3 rings (SSSR count). The SMILES string of the molecule is Cc1ccc(Nc2ccc(O)c(-c3ccnc(NCC(=O)O)n3)c2)c(F)c1. The van der Waals surface area contributed by atoms with Crippen molar-refractivity contribution < 1.29 is 19.4 Å². The van der Waals surface area contributed by atoms with E-state index in [0.29, 0.717) is 22.6 Å². The number of halogens is 1. The molecule has 0 unspecified atom stereocenters. The quantitative estimate of drug-likeness (QED) is 0.493. The van der Waals surface area contributed by atoms with Gasteiger partial charge >= 0.3 is 5.97 Å². The molecule has 1 heterocycles. The standard InChI is InChI=1S/C19H17FN4O3/c1-11-2-4-16(14(20)8-11)23-12-3-5-17(25)13(9-12)15-6-7-21-19(24-15)22-10-18(26)27/h2-9,23,25H,10H2,1H3,(H,26,27)(H,21,22,24). The van der Waals surface area contributed by atoms with Crippen LogP contribution in [0, 0.1) is 12.7 Å². The van der Waals surface area contributed by atoms with Gasteiger partial charge in [-0.25, -0.2) is 14.4 Å². The predicted octanol–water partition coefficient (Wildman–Crippen LogP) is 3.54. The number of aromatic nitrogens is 2. The van der Waals surface area contributed by atoms with Crippen LogP contribution >= 0.6 is 0 Å². The number of benzene rings is 2. The number of anilines is 3. The van der Waals surface area contributed by atoms with Crippen LogP contribution in [0.4, 0.5) is 21.7 Å². The van der Waals surface area contributed by atoms with Crippen LogP contribution in [0.3, 0.4) is 0 Å². The van der Waals surface area contributed by atoms with E-state index in [9.17, 15) is 14.3 Å². The largest absolute Gasteiger partial charge is 0.507 e. The number of carboxylic acid groups (broad SMARTS) is 1. The normalized spacial score (nSPS) is 10.4. The number of rotatable bonds is 6. The lowest BCUT2D eigenvalue weighted by atomic mass is 10.1. The molecule has 0 saturated carbocycles. The van der Waals surface area contributed by atoms with Crippen LogP contribution in [0.5, 0.6) is 5.75 Å².